The molecular weight excluding hydrogens is 519 g/mol. The van der Waals surface area contributed by atoms with E-state index in [1.165, 1.54) is 31.4 Å². The third-order valence-electron chi connectivity index (χ3n) is 5.94. The molecule has 38 heavy (non-hydrogen) atoms. The highest BCUT2D eigenvalue weighted by Crippen LogP contribution is 2.63. The average Bonchev–Trinajstić information content (AvgIpc) is 2.96. The van der Waals surface area contributed by atoms with Gasteiger partial charge >= 0.3 is 5.97 Å². The minimum atomic E-state index is -2.94. The number of carbonyl (C=O) groups excluding carboxylic acids is 2. The minimum Gasteiger partial charge on any atom is -0.463 e. The fraction of sp³-hybridized carbons (Fsp3) is 0.0345. The van der Waals surface area contributed by atoms with E-state index in [2.05, 4.69) is 17.9 Å². The topological polar surface area (TPSA) is 98.5 Å². The van der Waals surface area contributed by atoms with E-state index in [-0.39, 0.29) is 21.6 Å². The zero-order valence-corrected chi connectivity index (χ0v) is 22.1. The number of thiol groups is 1. The van der Waals surface area contributed by atoms with Gasteiger partial charge < -0.3 is 10.1 Å². The summed E-state index contributed by atoms with van der Waals surface area (Å²) in [7, 11) is -1.65. The second kappa shape index (κ2) is 11.9. The third-order valence-corrected chi connectivity index (χ3v) is 10.7. The fourth-order valence-electron chi connectivity index (χ4n) is 4.25. The molecule has 4 aromatic carbocycles. The SMILES string of the molecule is COC(=O)/C(=C(/S)NC(=O)c1ccc([N+](=O)[O-])cc1)[P+](c1ccccc1)(c1ccccc1)c1ccccc1. The first kappa shape index (κ1) is 26.8. The molecule has 1 N–H and O–H groups in total. The van der Waals surface area contributed by atoms with Crippen molar-refractivity contribution < 1.29 is 19.2 Å². The predicted molar refractivity (Wildman–Crippen MR) is 154 cm³/mol. The van der Waals surface area contributed by atoms with Crippen LogP contribution in [0.2, 0.25) is 0 Å². The molecule has 0 radical (unpaired) electrons. The molecule has 9 heteroatoms. The Morgan fingerprint density at radius 3 is 1.55 bits per heavy atom. The number of amides is 1. The quantitative estimate of drug-likeness (QED) is 0.0846. The summed E-state index contributed by atoms with van der Waals surface area (Å²) in [6.07, 6.45) is 0. The van der Waals surface area contributed by atoms with Crippen LogP contribution in [0.1, 0.15) is 10.4 Å². The van der Waals surface area contributed by atoms with Gasteiger partial charge in [0.2, 0.25) is 5.31 Å². The van der Waals surface area contributed by atoms with Crippen molar-refractivity contribution in [2.24, 2.45) is 0 Å². The Balaban J connectivity index is 1.99. The lowest BCUT2D eigenvalue weighted by molar-refractivity contribution is -0.384. The molecule has 190 valence electrons. The Morgan fingerprint density at radius 2 is 1.18 bits per heavy atom. The highest BCUT2D eigenvalue weighted by atomic mass is 32.1. The molecule has 0 heterocycles. The van der Waals surface area contributed by atoms with E-state index < -0.39 is 24.1 Å². The molecule has 4 rings (SSSR count). The van der Waals surface area contributed by atoms with E-state index in [1.807, 2.05) is 91.0 Å². The van der Waals surface area contributed by atoms with Crippen LogP contribution in [0, 0.1) is 10.1 Å². The van der Waals surface area contributed by atoms with Crippen LogP contribution in [0.15, 0.2) is 126 Å². The predicted octanol–water partition coefficient (Wildman–Crippen LogP) is 4.59. The zero-order valence-electron chi connectivity index (χ0n) is 20.4. The number of carbonyl (C=O) groups is 2. The van der Waals surface area contributed by atoms with Gasteiger partial charge in [0.05, 0.1) is 12.0 Å². The summed E-state index contributed by atoms with van der Waals surface area (Å²) in [4.78, 5) is 37.3. The second-order valence-electron chi connectivity index (χ2n) is 8.12. The molecule has 0 spiro atoms. The van der Waals surface area contributed by atoms with Crippen molar-refractivity contribution in [3.63, 3.8) is 0 Å². The monoisotopic (exact) mass is 543 g/mol. The van der Waals surface area contributed by atoms with E-state index in [0.29, 0.717) is 0 Å². The van der Waals surface area contributed by atoms with Gasteiger partial charge in [-0.15, -0.1) is 12.6 Å². The zero-order chi connectivity index (χ0) is 27.1. The highest BCUT2D eigenvalue weighted by Gasteiger charge is 2.54. The molecule has 0 aromatic heterocycles. The number of nitro benzene ring substituents is 1. The number of nitrogens with zero attached hydrogens (tertiary/aromatic N) is 1. The lowest BCUT2D eigenvalue weighted by Gasteiger charge is -2.29. The van der Waals surface area contributed by atoms with E-state index >= 15 is 0 Å². The Hall–Kier alpha value is -4.26. The average molecular weight is 544 g/mol. The maximum atomic E-state index is 13.6. The molecular formula is C29H24N2O5PS+. The van der Waals surface area contributed by atoms with Crippen molar-refractivity contribution >= 4 is 53.4 Å². The third kappa shape index (κ3) is 5.23. The summed E-state index contributed by atoms with van der Waals surface area (Å²) < 4.78 is 5.29. The molecule has 0 aliphatic carbocycles. The summed E-state index contributed by atoms with van der Waals surface area (Å²) in [5.74, 6) is -1.21. The number of hydrogen-bond donors (Lipinski definition) is 2. The van der Waals surface area contributed by atoms with E-state index in [4.69, 9.17) is 4.74 Å². The summed E-state index contributed by atoms with van der Waals surface area (Å²) in [5.41, 5.74) is 0.0371. The molecule has 7 nitrogen and oxygen atoms in total. The first-order chi connectivity index (χ1) is 18.4. The summed E-state index contributed by atoms with van der Waals surface area (Å²) in [5, 5.41) is 16.6. The lowest BCUT2D eigenvalue weighted by atomic mass is 10.2. The van der Waals surface area contributed by atoms with Gasteiger partial charge in [-0.05, 0) is 48.5 Å². The van der Waals surface area contributed by atoms with Gasteiger partial charge in [0.1, 0.15) is 20.9 Å². The van der Waals surface area contributed by atoms with Crippen molar-refractivity contribution in [1.29, 1.82) is 0 Å². The van der Waals surface area contributed by atoms with Crippen LogP contribution in [0.3, 0.4) is 0 Å². The van der Waals surface area contributed by atoms with Gasteiger partial charge in [0, 0.05) is 17.7 Å². The van der Waals surface area contributed by atoms with Gasteiger partial charge in [-0.25, -0.2) is 4.79 Å². The molecule has 4 aromatic rings. The van der Waals surface area contributed by atoms with Crippen molar-refractivity contribution in [3.05, 3.63) is 141 Å². The standard InChI is InChI=1S/C29H23N2O5PS/c1-36-29(33)26(28(38)30-27(32)21-17-19-22(20-18-21)31(34)35)37(23-11-5-2-6-12-23,24-13-7-3-8-14-24)25-15-9-4-10-16-25/h2-20H,1H3,(H-,30,32,33,38)/p+1. The highest BCUT2D eigenvalue weighted by molar-refractivity contribution is 8.00. The number of non-ortho nitro benzene ring substituents is 1. The minimum absolute atomic E-state index is 0.0325. The van der Waals surface area contributed by atoms with Crippen molar-refractivity contribution in [2.45, 2.75) is 0 Å². The summed E-state index contributed by atoms with van der Waals surface area (Å²) in [6.45, 7) is 0. The Bertz CT molecular complexity index is 1380. The Kier molecular flexibility index (Phi) is 8.36. The number of methoxy groups -OCH3 is 1. The van der Waals surface area contributed by atoms with E-state index in [0.717, 1.165) is 15.9 Å². The van der Waals surface area contributed by atoms with Crippen LogP contribution in [0.4, 0.5) is 5.69 Å². The maximum Gasteiger partial charge on any atom is 0.377 e. The number of esters is 1. The first-order valence-corrected chi connectivity index (χ1v) is 13.8. The normalized spacial score (nSPS) is 11.7. The molecule has 0 saturated carbocycles. The van der Waals surface area contributed by atoms with Gasteiger partial charge in [0.25, 0.3) is 11.6 Å². The molecule has 0 saturated heterocycles. The van der Waals surface area contributed by atoms with Gasteiger partial charge in [-0.2, -0.15) is 0 Å². The first-order valence-electron chi connectivity index (χ1n) is 11.5. The summed E-state index contributed by atoms with van der Waals surface area (Å²) in [6, 6.07) is 34.0. The molecule has 0 fully saturated rings. The van der Waals surface area contributed by atoms with Crippen LogP contribution in [-0.2, 0) is 9.53 Å². The molecule has 0 aliphatic heterocycles. The number of ether oxygens (including phenoxy) is 1. The number of rotatable bonds is 8. The lowest BCUT2D eigenvalue weighted by Crippen LogP contribution is -2.37. The molecule has 0 bridgehead atoms. The largest absolute Gasteiger partial charge is 0.463 e. The number of nitro groups is 1. The summed E-state index contributed by atoms with van der Waals surface area (Å²) >= 11 is 4.67. The van der Waals surface area contributed by atoms with Gasteiger partial charge in [0.15, 0.2) is 7.26 Å². The van der Waals surface area contributed by atoms with Crippen LogP contribution >= 0.6 is 19.9 Å². The maximum absolute atomic E-state index is 13.6. The molecule has 1 amide bonds. The van der Waals surface area contributed by atoms with Crippen LogP contribution in [-0.4, -0.2) is 23.9 Å². The number of benzene rings is 4. The van der Waals surface area contributed by atoms with E-state index in [9.17, 15) is 19.7 Å². The van der Waals surface area contributed by atoms with E-state index in [1.54, 1.807) is 0 Å². The van der Waals surface area contributed by atoms with Crippen LogP contribution < -0.4 is 21.2 Å². The van der Waals surface area contributed by atoms with Crippen molar-refractivity contribution in [2.75, 3.05) is 7.11 Å². The van der Waals surface area contributed by atoms with Crippen molar-refractivity contribution in [1.82, 2.24) is 5.32 Å². The molecule has 0 unspecified atom stereocenters. The fourth-order valence-corrected chi connectivity index (χ4v) is 9.16. The Morgan fingerprint density at radius 1 is 0.763 bits per heavy atom. The Labute approximate surface area is 226 Å². The second-order valence-corrected chi connectivity index (χ2v) is 11.9. The van der Waals surface area contributed by atoms with Crippen LogP contribution in [0.25, 0.3) is 0 Å². The van der Waals surface area contributed by atoms with Crippen molar-refractivity contribution in [3.8, 4) is 0 Å². The van der Waals surface area contributed by atoms with Gasteiger partial charge in [-0.1, -0.05) is 54.6 Å². The van der Waals surface area contributed by atoms with Crippen LogP contribution in [0.5, 0.6) is 0 Å². The molecule has 0 atom stereocenters. The van der Waals surface area contributed by atoms with Gasteiger partial charge in [-0.3, -0.25) is 14.9 Å². The smallest absolute Gasteiger partial charge is 0.377 e. The number of nitrogens with one attached hydrogen (secondary N) is 1. The molecule has 0 aliphatic rings. The number of hydrogen-bond acceptors (Lipinski definition) is 6.